The Morgan fingerprint density at radius 3 is 2.67 bits per heavy atom. The molecule has 2 N–H and O–H groups in total. The minimum absolute atomic E-state index is 0.242. The van der Waals surface area contributed by atoms with Gasteiger partial charge in [0.2, 0.25) is 0 Å². The van der Waals surface area contributed by atoms with Gasteiger partial charge >= 0.3 is 0 Å². The first kappa shape index (κ1) is 12.6. The topological polar surface area (TPSA) is 32.3 Å². The lowest BCUT2D eigenvalue weighted by molar-refractivity contribution is -0.00625. The molecule has 2 fully saturated rings. The van der Waals surface area contributed by atoms with Crippen molar-refractivity contribution in [1.29, 1.82) is 0 Å². The number of hydrogen-bond donors (Lipinski definition) is 2. The Hall–Kier alpha value is -0.450. The second-order valence-corrected chi connectivity index (χ2v) is 6.54. The number of benzene rings is 1. The van der Waals surface area contributed by atoms with E-state index >= 15 is 0 Å². The standard InChI is InChI=1S/C14H17BrFNO/c15-13-4-1-10(16)5-9(13)6-14(18)7-11-2-3-12(8-14)17-11/h1,4-5,11-12,17-18H,2-3,6-8H2. The zero-order valence-corrected chi connectivity index (χ0v) is 11.7. The number of nitrogens with one attached hydrogen (secondary N) is 1. The van der Waals surface area contributed by atoms with E-state index in [4.69, 9.17) is 0 Å². The molecular formula is C14H17BrFNO. The molecule has 4 heteroatoms. The number of piperidine rings is 1. The quantitative estimate of drug-likeness (QED) is 0.880. The summed E-state index contributed by atoms with van der Waals surface area (Å²) in [6.45, 7) is 0. The Bertz CT molecular complexity index is 453. The Morgan fingerprint density at radius 2 is 2.00 bits per heavy atom. The Balaban J connectivity index is 1.81. The second-order valence-electron chi connectivity index (χ2n) is 5.68. The van der Waals surface area contributed by atoms with Crippen LogP contribution in [0, 0.1) is 5.82 Å². The first-order chi connectivity index (χ1) is 8.54. The number of aliphatic hydroxyl groups is 1. The summed E-state index contributed by atoms with van der Waals surface area (Å²) in [5.74, 6) is -0.242. The molecule has 0 aromatic heterocycles. The molecular weight excluding hydrogens is 297 g/mol. The third kappa shape index (κ3) is 2.46. The SMILES string of the molecule is OC1(Cc2cc(F)ccc2Br)CC2CCC(C1)N2. The van der Waals surface area contributed by atoms with E-state index in [1.54, 1.807) is 6.07 Å². The van der Waals surface area contributed by atoms with Gasteiger partial charge in [0.05, 0.1) is 5.60 Å². The number of hydrogen-bond acceptors (Lipinski definition) is 2. The molecule has 0 amide bonds. The van der Waals surface area contributed by atoms with Crippen molar-refractivity contribution in [1.82, 2.24) is 5.32 Å². The highest BCUT2D eigenvalue weighted by Crippen LogP contribution is 2.37. The van der Waals surface area contributed by atoms with Gasteiger partial charge in [-0.2, -0.15) is 0 Å². The number of fused-ring (bicyclic) bond motifs is 2. The second kappa shape index (κ2) is 4.58. The molecule has 2 unspecified atom stereocenters. The van der Waals surface area contributed by atoms with Crippen molar-refractivity contribution >= 4 is 15.9 Å². The van der Waals surface area contributed by atoms with E-state index in [9.17, 15) is 9.50 Å². The first-order valence-electron chi connectivity index (χ1n) is 6.46. The highest BCUT2D eigenvalue weighted by Gasteiger charge is 2.42. The maximum Gasteiger partial charge on any atom is 0.123 e. The van der Waals surface area contributed by atoms with Crippen LogP contribution in [0.4, 0.5) is 4.39 Å². The van der Waals surface area contributed by atoms with E-state index in [1.807, 2.05) is 0 Å². The molecule has 2 aliphatic rings. The van der Waals surface area contributed by atoms with E-state index in [0.29, 0.717) is 18.5 Å². The van der Waals surface area contributed by atoms with Crippen LogP contribution >= 0.6 is 15.9 Å². The fraction of sp³-hybridized carbons (Fsp3) is 0.571. The van der Waals surface area contributed by atoms with E-state index in [-0.39, 0.29) is 5.82 Å². The van der Waals surface area contributed by atoms with Crippen LogP contribution in [0.25, 0.3) is 0 Å². The van der Waals surface area contributed by atoms with Crippen LogP contribution in [0.1, 0.15) is 31.2 Å². The maximum absolute atomic E-state index is 13.3. The molecule has 1 aromatic carbocycles. The molecule has 0 radical (unpaired) electrons. The van der Waals surface area contributed by atoms with E-state index in [1.165, 1.54) is 12.1 Å². The first-order valence-corrected chi connectivity index (χ1v) is 7.26. The largest absolute Gasteiger partial charge is 0.389 e. The van der Waals surface area contributed by atoms with Crippen LogP contribution in [0.15, 0.2) is 22.7 Å². The molecule has 0 aliphatic carbocycles. The normalized spacial score (nSPS) is 34.8. The summed E-state index contributed by atoms with van der Waals surface area (Å²) in [6, 6.07) is 5.53. The summed E-state index contributed by atoms with van der Waals surface area (Å²) in [7, 11) is 0. The van der Waals surface area contributed by atoms with Crippen molar-refractivity contribution in [3.05, 3.63) is 34.1 Å². The Kier molecular flexibility index (Phi) is 3.20. The lowest BCUT2D eigenvalue weighted by Gasteiger charge is -2.37. The van der Waals surface area contributed by atoms with E-state index in [2.05, 4.69) is 21.2 Å². The molecule has 2 aliphatic heterocycles. The van der Waals surface area contributed by atoms with Gasteiger partial charge in [-0.15, -0.1) is 0 Å². The van der Waals surface area contributed by atoms with Crippen LogP contribution in [0.3, 0.4) is 0 Å². The van der Waals surface area contributed by atoms with Crippen LogP contribution in [0.5, 0.6) is 0 Å². The van der Waals surface area contributed by atoms with Gasteiger partial charge in [0.1, 0.15) is 5.82 Å². The predicted molar refractivity (Wildman–Crippen MR) is 71.9 cm³/mol. The molecule has 98 valence electrons. The fourth-order valence-electron chi connectivity index (χ4n) is 3.40. The summed E-state index contributed by atoms with van der Waals surface area (Å²) in [4.78, 5) is 0. The van der Waals surface area contributed by atoms with Crippen LogP contribution < -0.4 is 5.32 Å². The summed E-state index contributed by atoms with van der Waals surface area (Å²) in [5, 5.41) is 14.2. The predicted octanol–water partition coefficient (Wildman–Crippen LogP) is 2.78. The lowest BCUT2D eigenvalue weighted by Crippen LogP contribution is -2.49. The van der Waals surface area contributed by atoms with E-state index < -0.39 is 5.60 Å². The molecule has 1 aromatic rings. The van der Waals surface area contributed by atoms with Crippen molar-refractivity contribution in [3.63, 3.8) is 0 Å². The van der Waals surface area contributed by atoms with Crippen LogP contribution in [-0.2, 0) is 6.42 Å². The smallest absolute Gasteiger partial charge is 0.123 e. The van der Waals surface area contributed by atoms with Crippen molar-refractivity contribution in [2.24, 2.45) is 0 Å². The molecule has 2 heterocycles. The van der Waals surface area contributed by atoms with Gasteiger partial charge in [0.15, 0.2) is 0 Å². The molecule has 2 nitrogen and oxygen atoms in total. The molecule has 2 bridgehead atoms. The Labute approximate surface area is 115 Å². The van der Waals surface area contributed by atoms with Gasteiger partial charge in [0.25, 0.3) is 0 Å². The molecule has 0 spiro atoms. The van der Waals surface area contributed by atoms with Gasteiger partial charge in [0, 0.05) is 23.0 Å². The van der Waals surface area contributed by atoms with Crippen molar-refractivity contribution in [2.45, 2.75) is 49.8 Å². The summed E-state index contributed by atoms with van der Waals surface area (Å²) in [6.07, 6.45) is 4.37. The van der Waals surface area contributed by atoms with Gasteiger partial charge < -0.3 is 10.4 Å². The average Bonchev–Trinajstić information content (AvgIpc) is 2.64. The summed E-state index contributed by atoms with van der Waals surface area (Å²) in [5.41, 5.74) is 0.173. The van der Waals surface area contributed by atoms with Crippen LogP contribution in [0.2, 0.25) is 0 Å². The van der Waals surface area contributed by atoms with Crippen molar-refractivity contribution in [3.8, 4) is 0 Å². The summed E-state index contributed by atoms with van der Waals surface area (Å²) >= 11 is 3.43. The Morgan fingerprint density at radius 1 is 1.33 bits per heavy atom. The molecule has 3 rings (SSSR count). The minimum atomic E-state index is -0.687. The highest BCUT2D eigenvalue weighted by atomic mass is 79.9. The molecule has 2 saturated heterocycles. The van der Waals surface area contributed by atoms with Crippen molar-refractivity contribution < 1.29 is 9.50 Å². The fourth-order valence-corrected chi connectivity index (χ4v) is 3.79. The minimum Gasteiger partial charge on any atom is -0.389 e. The van der Waals surface area contributed by atoms with Gasteiger partial charge in [-0.05, 0) is 49.4 Å². The zero-order chi connectivity index (χ0) is 12.8. The summed E-state index contributed by atoms with van der Waals surface area (Å²) < 4.78 is 14.2. The molecule has 2 atom stereocenters. The van der Waals surface area contributed by atoms with Crippen molar-refractivity contribution in [2.75, 3.05) is 0 Å². The van der Waals surface area contributed by atoms with Gasteiger partial charge in [-0.25, -0.2) is 4.39 Å². The van der Waals surface area contributed by atoms with Crippen LogP contribution in [-0.4, -0.2) is 22.8 Å². The molecule has 0 saturated carbocycles. The van der Waals surface area contributed by atoms with E-state index in [0.717, 1.165) is 35.7 Å². The number of halogens is 2. The monoisotopic (exact) mass is 313 g/mol. The highest BCUT2D eigenvalue weighted by molar-refractivity contribution is 9.10. The van der Waals surface area contributed by atoms with Gasteiger partial charge in [-0.1, -0.05) is 15.9 Å². The third-order valence-electron chi connectivity index (χ3n) is 4.11. The number of rotatable bonds is 2. The zero-order valence-electron chi connectivity index (χ0n) is 10.1. The average molecular weight is 314 g/mol. The third-order valence-corrected chi connectivity index (χ3v) is 4.89. The lowest BCUT2D eigenvalue weighted by atomic mass is 9.82. The van der Waals surface area contributed by atoms with Gasteiger partial charge in [-0.3, -0.25) is 0 Å². The molecule has 18 heavy (non-hydrogen) atoms. The maximum atomic E-state index is 13.3.